The third kappa shape index (κ3) is 4.10. The zero-order chi connectivity index (χ0) is 19.6. The van der Waals surface area contributed by atoms with Gasteiger partial charge in [0.05, 0.1) is 27.4 Å². The number of carbonyl (C=O) groups is 1. The van der Waals surface area contributed by atoms with Crippen LogP contribution < -0.4 is 24.3 Å². The number of hydrogen-bond donors (Lipinski definition) is 1. The molecule has 27 heavy (non-hydrogen) atoms. The highest BCUT2D eigenvalue weighted by molar-refractivity contribution is 5.95. The molecule has 144 valence electrons. The zero-order valence-electron chi connectivity index (χ0n) is 16.3. The van der Waals surface area contributed by atoms with Gasteiger partial charge in [-0.3, -0.25) is 4.79 Å². The van der Waals surface area contributed by atoms with Crippen LogP contribution in [0, 0.1) is 0 Å². The molecular weight excluding hydrogens is 346 g/mol. The van der Waals surface area contributed by atoms with E-state index in [1.807, 2.05) is 32.0 Å². The Labute approximate surface area is 159 Å². The molecule has 1 aliphatic heterocycles. The summed E-state index contributed by atoms with van der Waals surface area (Å²) in [6, 6.07) is 10.5. The number of fused-ring (bicyclic) bond motifs is 1. The molecule has 1 aliphatic rings. The normalized spacial score (nSPS) is 17.3. The Hall–Kier alpha value is -2.89. The van der Waals surface area contributed by atoms with E-state index in [1.165, 1.54) is 0 Å². The molecule has 2 aromatic carbocycles. The lowest BCUT2D eigenvalue weighted by Gasteiger charge is -2.38. The van der Waals surface area contributed by atoms with Crippen molar-refractivity contribution in [1.82, 2.24) is 5.32 Å². The van der Waals surface area contributed by atoms with Crippen molar-refractivity contribution in [3.8, 4) is 23.0 Å². The predicted octanol–water partition coefficient (Wildman–Crippen LogP) is 3.74. The van der Waals surface area contributed by atoms with Crippen LogP contribution in [0.3, 0.4) is 0 Å². The molecule has 1 amide bonds. The summed E-state index contributed by atoms with van der Waals surface area (Å²) < 4.78 is 21.9. The summed E-state index contributed by atoms with van der Waals surface area (Å²) in [5.74, 6) is 2.39. The van der Waals surface area contributed by atoms with Gasteiger partial charge in [-0.1, -0.05) is 0 Å². The molecule has 1 atom stereocenters. The van der Waals surface area contributed by atoms with Crippen molar-refractivity contribution >= 4 is 5.91 Å². The Morgan fingerprint density at radius 2 is 1.63 bits per heavy atom. The summed E-state index contributed by atoms with van der Waals surface area (Å²) in [6.07, 6.45) is 0.639. The molecule has 0 bridgehead atoms. The number of hydrogen-bond acceptors (Lipinski definition) is 5. The topological polar surface area (TPSA) is 66.0 Å². The van der Waals surface area contributed by atoms with Gasteiger partial charge in [-0.2, -0.15) is 0 Å². The van der Waals surface area contributed by atoms with E-state index in [4.69, 9.17) is 18.9 Å². The minimum Gasteiger partial charge on any atom is -0.497 e. The summed E-state index contributed by atoms with van der Waals surface area (Å²) in [5, 5.41) is 3.12. The Bertz CT molecular complexity index is 824. The minimum absolute atomic E-state index is 0.205. The van der Waals surface area contributed by atoms with E-state index in [9.17, 15) is 4.79 Å². The largest absolute Gasteiger partial charge is 0.497 e. The molecule has 0 aliphatic carbocycles. The summed E-state index contributed by atoms with van der Waals surface area (Å²) in [5.41, 5.74) is 0.975. The first-order chi connectivity index (χ1) is 12.8. The van der Waals surface area contributed by atoms with Gasteiger partial charge in [-0.05, 0) is 44.2 Å². The van der Waals surface area contributed by atoms with Crippen molar-refractivity contribution in [2.45, 2.75) is 31.9 Å². The van der Waals surface area contributed by atoms with Crippen LogP contribution in [-0.4, -0.2) is 32.8 Å². The Morgan fingerprint density at radius 3 is 2.22 bits per heavy atom. The van der Waals surface area contributed by atoms with Crippen molar-refractivity contribution in [3.63, 3.8) is 0 Å². The molecule has 0 fully saturated rings. The Kier molecular flexibility index (Phi) is 5.17. The number of nitrogens with one attached hydrogen (secondary N) is 1. The summed E-state index contributed by atoms with van der Waals surface area (Å²) >= 11 is 0. The van der Waals surface area contributed by atoms with Crippen LogP contribution in [0.1, 0.15) is 42.2 Å². The van der Waals surface area contributed by atoms with Crippen LogP contribution in [0.5, 0.6) is 23.0 Å². The van der Waals surface area contributed by atoms with Crippen LogP contribution in [0.2, 0.25) is 0 Å². The molecule has 0 saturated carbocycles. The quantitative estimate of drug-likeness (QED) is 0.867. The summed E-state index contributed by atoms with van der Waals surface area (Å²) in [4.78, 5) is 12.9. The zero-order valence-corrected chi connectivity index (χ0v) is 16.3. The van der Waals surface area contributed by atoms with E-state index in [0.29, 0.717) is 23.5 Å². The van der Waals surface area contributed by atoms with E-state index in [-0.39, 0.29) is 11.9 Å². The molecule has 6 nitrogen and oxygen atoms in total. The van der Waals surface area contributed by atoms with Crippen molar-refractivity contribution in [1.29, 1.82) is 0 Å². The summed E-state index contributed by atoms with van der Waals surface area (Å²) in [7, 11) is 4.73. The van der Waals surface area contributed by atoms with E-state index in [0.717, 1.165) is 17.1 Å². The monoisotopic (exact) mass is 371 g/mol. The average molecular weight is 371 g/mol. The van der Waals surface area contributed by atoms with Gasteiger partial charge in [0, 0.05) is 23.6 Å². The van der Waals surface area contributed by atoms with Crippen molar-refractivity contribution < 1.29 is 23.7 Å². The Morgan fingerprint density at radius 1 is 1.00 bits per heavy atom. The van der Waals surface area contributed by atoms with Gasteiger partial charge in [0.2, 0.25) is 0 Å². The second kappa shape index (κ2) is 7.39. The van der Waals surface area contributed by atoms with E-state index in [1.54, 1.807) is 39.5 Å². The first-order valence-electron chi connectivity index (χ1n) is 8.76. The van der Waals surface area contributed by atoms with Crippen molar-refractivity contribution in [2.24, 2.45) is 0 Å². The molecule has 0 spiro atoms. The lowest BCUT2D eigenvalue weighted by Crippen LogP contribution is -2.41. The molecule has 0 radical (unpaired) electrons. The number of methoxy groups -OCH3 is 3. The van der Waals surface area contributed by atoms with Crippen molar-refractivity contribution in [2.75, 3.05) is 21.3 Å². The van der Waals surface area contributed by atoms with Gasteiger partial charge >= 0.3 is 0 Å². The first kappa shape index (κ1) is 18.9. The second-order valence-corrected chi connectivity index (χ2v) is 7.10. The number of rotatable bonds is 5. The molecular formula is C21H25NO5. The minimum atomic E-state index is -0.397. The fourth-order valence-corrected chi connectivity index (χ4v) is 3.27. The maximum Gasteiger partial charge on any atom is 0.252 e. The van der Waals surface area contributed by atoms with Gasteiger partial charge < -0.3 is 24.3 Å². The fourth-order valence-electron chi connectivity index (χ4n) is 3.27. The second-order valence-electron chi connectivity index (χ2n) is 7.10. The van der Waals surface area contributed by atoms with Gasteiger partial charge in [0.25, 0.3) is 5.91 Å². The van der Waals surface area contributed by atoms with Gasteiger partial charge in [0.1, 0.15) is 28.6 Å². The molecule has 0 saturated heterocycles. The molecule has 6 heteroatoms. The third-order valence-electron chi connectivity index (χ3n) is 4.59. The number of ether oxygens (including phenoxy) is 4. The van der Waals surface area contributed by atoms with Crippen molar-refractivity contribution in [3.05, 3.63) is 47.5 Å². The standard InChI is InChI=1S/C21H25NO5/c1-21(2)12-18(17-11-14(24-3)6-7-19(17)27-21)22-20(23)13-8-15(25-4)10-16(9-13)26-5/h6-11,18H,12H2,1-5H3,(H,22,23). The highest BCUT2D eigenvalue weighted by Gasteiger charge is 2.35. The molecule has 1 unspecified atom stereocenters. The smallest absolute Gasteiger partial charge is 0.252 e. The van der Waals surface area contributed by atoms with Crippen LogP contribution in [0.15, 0.2) is 36.4 Å². The number of amides is 1. The molecule has 1 N–H and O–H groups in total. The number of carbonyl (C=O) groups excluding carboxylic acids is 1. The highest BCUT2D eigenvalue weighted by atomic mass is 16.5. The SMILES string of the molecule is COc1cc(OC)cc(C(=O)NC2CC(C)(C)Oc3ccc(OC)cc32)c1. The molecule has 3 rings (SSSR count). The maximum atomic E-state index is 12.9. The molecule has 2 aromatic rings. The van der Waals surface area contributed by atoms with Crippen LogP contribution >= 0.6 is 0 Å². The van der Waals surface area contributed by atoms with E-state index < -0.39 is 5.60 Å². The van der Waals surface area contributed by atoms with Crippen LogP contribution in [0.25, 0.3) is 0 Å². The lowest BCUT2D eigenvalue weighted by atomic mass is 9.89. The van der Waals surface area contributed by atoms with E-state index in [2.05, 4.69) is 5.32 Å². The van der Waals surface area contributed by atoms with Gasteiger partial charge in [-0.15, -0.1) is 0 Å². The number of benzene rings is 2. The Balaban J connectivity index is 1.92. The average Bonchev–Trinajstić information content (AvgIpc) is 2.66. The lowest BCUT2D eigenvalue weighted by molar-refractivity contribution is 0.0617. The summed E-state index contributed by atoms with van der Waals surface area (Å²) in [6.45, 7) is 4.02. The van der Waals surface area contributed by atoms with Crippen LogP contribution in [-0.2, 0) is 0 Å². The maximum absolute atomic E-state index is 12.9. The van der Waals surface area contributed by atoms with Gasteiger partial charge in [0.15, 0.2) is 0 Å². The van der Waals surface area contributed by atoms with Gasteiger partial charge in [-0.25, -0.2) is 0 Å². The fraction of sp³-hybridized carbons (Fsp3) is 0.381. The molecule has 0 aromatic heterocycles. The third-order valence-corrected chi connectivity index (χ3v) is 4.59. The van der Waals surface area contributed by atoms with E-state index >= 15 is 0 Å². The predicted molar refractivity (Wildman–Crippen MR) is 102 cm³/mol. The molecule has 1 heterocycles. The first-order valence-corrected chi connectivity index (χ1v) is 8.76. The van der Waals surface area contributed by atoms with Crippen LogP contribution in [0.4, 0.5) is 0 Å². The highest BCUT2D eigenvalue weighted by Crippen LogP contribution is 2.41.